The number of hydrogen-bond donors (Lipinski definition) is 1. The van der Waals surface area contributed by atoms with Crippen LogP contribution in [-0.2, 0) is 4.74 Å². The van der Waals surface area contributed by atoms with E-state index in [0.29, 0.717) is 37.4 Å². The Morgan fingerprint density at radius 1 is 1.17 bits per heavy atom. The molecule has 1 aliphatic rings. The van der Waals surface area contributed by atoms with E-state index in [2.05, 4.69) is 11.9 Å². The van der Waals surface area contributed by atoms with Gasteiger partial charge >= 0.3 is 0 Å². The average Bonchev–Trinajstić information content (AvgIpc) is 2.57. The van der Waals surface area contributed by atoms with Crippen molar-refractivity contribution in [2.75, 3.05) is 33.4 Å². The lowest BCUT2D eigenvalue weighted by molar-refractivity contribution is 0.00326. The first-order valence-electron chi connectivity index (χ1n) is 8.49. The molecular weight excluding hydrogens is 314 g/mol. The number of aliphatic hydroxyl groups excluding tert-OH is 1. The van der Waals surface area contributed by atoms with Gasteiger partial charge in [-0.15, -0.1) is 0 Å². The first-order chi connectivity index (χ1) is 11.1. The SMILES string of the molecule is CN(C[C@H](O)COCCOc1ccc(Cl)cc1)C1CCCCC1. The molecule has 1 saturated carbocycles. The van der Waals surface area contributed by atoms with E-state index < -0.39 is 6.10 Å². The molecule has 0 aliphatic heterocycles. The Hall–Kier alpha value is -0.810. The third-order valence-corrected chi connectivity index (χ3v) is 4.57. The minimum Gasteiger partial charge on any atom is -0.491 e. The van der Waals surface area contributed by atoms with Gasteiger partial charge in [-0.3, -0.25) is 0 Å². The summed E-state index contributed by atoms with van der Waals surface area (Å²) in [7, 11) is 2.10. The fourth-order valence-corrected chi connectivity index (χ4v) is 3.15. The quantitative estimate of drug-likeness (QED) is 0.699. The van der Waals surface area contributed by atoms with Gasteiger partial charge in [0.05, 0.1) is 19.3 Å². The zero-order valence-electron chi connectivity index (χ0n) is 13.9. The lowest BCUT2D eigenvalue weighted by atomic mass is 9.94. The Morgan fingerprint density at radius 2 is 1.87 bits per heavy atom. The van der Waals surface area contributed by atoms with E-state index >= 15 is 0 Å². The molecule has 4 nitrogen and oxygen atoms in total. The molecule has 1 aromatic rings. The fourth-order valence-electron chi connectivity index (χ4n) is 3.02. The van der Waals surface area contributed by atoms with Crippen molar-refractivity contribution in [3.05, 3.63) is 29.3 Å². The summed E-state index contributed by atoms with van der Waals surface area (Å²) in [6, 6.07) is 7.87. The smallest absolute Gasteiger partial charge is 0.119 e. The summed E-state index contributed by atoms with van der Waals surface area (Å²) in [5.74, 6) is 0.774. The van der Waals surface area contributed by atoms with E-state index in [0.717, 1.165) is 5.75 Å². The highest BCUT2D eigenvalue weighted by Crippen LogP contribution is 2.21. The van der Waals surface area contributed by atoms with Crippen molar-refractivity contribution in [2.45, 2.75) is 44.2 Å². The molecule has 0 heterocycles. The maximum atomic E-state index is 10.1. The number of rotatable bonds is 9. The molecule has 23 heavy (non-hydrogen) atoms. The number of halogens is 1. The molecule has 0 aromatic heterocycles. The number of ether oxygens (including phenoxy) is 2. The van der Waals surface area contributed by atoms with E-state index in [1.54, 1.807) is 12.1 Å². The summed E-state index contributed by atoms with van der Waals surface area (Å²) in [5, 5.41) is 10.8. The standard InChI is InChI=1S/C18H28ClNO3/c1-20(16-5-3-2-4-6-16)13-17(21)14-22-11-12-23-18-9-7-15(19)8-10-18/h7-10,16-17,21H,2-6,11-14H2,1H3/t17-/m0/s1. The van der Waals surface area contributed by atoms with Crippen molar-refractivity contribution in [2.24, 2.45) is 0 Å². The van der Waals surface area contributed by atoms with Crippen LogP contribution in [0.15, 0.2) is 24.3 Å². The minimum absolute atomic E-state index is 0.348. The highest BCUT2D eigenvalue weighted by atomic mass is 35.5. The molecule has 1 aromatic carbocycles. The Kier molecular flexibility index (Phi) is 8.17. The van der Waals surface area contributed by atoms with Gasteiger partial charge in [-0.25, -0.2) is 0 Å². The predicted octanol–water partition coefficient (Wildman–Crippen LogP) is 3.36. The molecule has 2 rings (SSSR count). The summed E-state index contributed by atoms with van der Waals surface area (Å²) in [4.78, 5) is 2.28. The largest absolute Gasteiger partial charge is 0.491 e. The van der Waals surface area contributed by atoms with E-state index in [9.17, 15) is 5.11 Å². The Balaban J connectivity index is 1.53. The van der Waals surface area contributed by atoms with Crippen LogP contribution in [0.25, 0.3) is 0 Å². The second kappa shape index (κ2) is 10.1. The highest BCUT2D eigenvalue weighted by molar-refractivity contribution is 6.30. The zero-order valence-corrected chi connectivity index (χ0v) is 14.7. The predicted molar refractivity (Wildman–Crippen MR) is 93.3 cm³/mol. The zero-order chi connectivity index (χ0) is 16.5. The second-order valence-corrected chi connectivity index (χ2v) is 6.70. The van der Waals surface area contributed by atoms with E-state index in [1.165, 1.54) is 32.1 Å². The summed E-state index contributed by atoms with van der Waals surface area (Å²) in [5.41, 5.74) is 0. The van der Waals surface area contributed by atoms with Gasteiger partial charge in [0.2, 0.25) is 0 Å². The van der Waals surface area contributed by atoms with Crippen molar-refractivity contribution >= 4 is 11.6 Å². The van der Waals surface area contributed by atoms with Crippen LogP contribution in [0.5, 0.6) is 5.75 Å². The molecule has 0 unspecified atom stereocenters. The molecule has 1 N–H and O–H groups in total. The normalized spacial score (nSPS) is 17.4. The number of aliphatic hydroxyl groups is 1. The van der Waals surface area contributed by atoms with Crippen LogP contribution < -0.4 is 4.74 Å². The summed E-state index contributed by atoms with van der Waals surface area (Å²) >= 11 is 5.82. The van der Waals surface area contributed by atoms with Gasteiger partial charge in [-0.1, -0.05) is 30.9 Å². The average molecular weight is 342 g/mol. The van der Waals surface area contributed by atoms with Crippen LogP contribution in [0.2, 0.25) is 5.02 Å². The van der Waals surface area contributed by atoms with Crippen molar-refractivity contribution in [3.63, 3.8) is 0 Å². The van der Waals surface area contributed by atoms with Crippen LogP contribution in [0.4, 0.5) is 0 Å². The monoisotopic (exact) mass is 341 g/mol. The molecule has 0 spiro atoms. The lowest BCUT2D eigenvalue weighted by Gasteiger charge is -2.32. The number of benzene rings is 1. The first kappa shape index (κ1) is 18.5. The molecule has 0 bridgehead atoms. The Morgan fingerprint density at radius 3 is 2.57 bits per heavy atom. The topological polar surface area (TPSA) is 41.9 Å². The number of likely N-dealkylation sites (N-methyl/N-ethyl adjacent to an activating group) is 1. The van der Waals surface area contributed by atoms with E-state index in [1.807, 2.05) is 12.1 Å². The van der Waals surface area contributed by atoms with Gasteiger partial charge in [0.25, 0.3) is 0 Å². The van der Waals surface area contributed by atoms with Crippen molar-refractivity contribution in [3.8, 4) is 5.75 Å². The third kappa shape index (κ3) is 7.08. The number of nitrogens with zero attached hydrogens (tertiary/aromatic N) is 1. The summed E-state index contributed by atoms with van der Waals surface area (Å²) in [6.07, 6.45) is 6.02. The Bertz CT molecular complexity index is 434. The van der Waals surface area contributed by atoms with E-state index in [4.69, 9.17) is 21.1 Å². The van der Waals surface area contributed by atoms with Gasteiger partial charge in [-0.2, -0.15) is 0 Å². The fraction of sp³-hybridized carbons (Fsp3) is 0.667. The van der Waals surface area contributed by atoms with Crippen LogP contribution in [-0.4, -0.2) is 55.6 Å². The van der Waals surface area contributed by atoms with Gasteiger partial charge < -0.3 is 19.5 Å². The Labute approximate surface area is 144 Å². The molecule has 0 radical (unpaired) electrons. The van der Waals surface area contributed by atoms with Gasteiger partial charge in [0.1, 0.15) is 12.4 Å². The highest BCUT2D eigenvalue weighted by Gasteiger charge is 2.19. The van der Waals surface area contributed by atoms with Crippen LogP contribution >= 0.6 is 11.6 Å². The molecular formula is C18H28ClNO3. The van der Waals surface area contributed by atoms with Crippen molar-refractivity contribution in [1.29, 1.82) is 0 Å². The minimum atomic E-state index is -0.447. The van der Waals surface area contributed by atoms with E-state index in [-0.39, 0.29) is 0 Å². The molecule has 130 valence electrons. The van der Waals surface area contributed by atoms with Crippen molar-refractivity contribution < 1.29 is 14.6 Å². The van der Waals surface area contributed by atoms with Crippen molar-refractivity contribution in [1.82, 2.24) is 4.90 Å². The van der Waals surface area contributed by atoms with Gasteiger partial charge in [0.15, 0.2) is 0 Å². The molecule has 0 amide bonds. The number of hydrogen-bond acceptors (Lipinski definition) is 4. The first-order valence-corrected chi connectivity index (χ1v) is 8.87. The summed E-state index contributed by atoms with van der Waals surface area (Å²) < 4.78 is 11.0. The molecule has 0 saturated heterocycles. The maximum Gasteiger partial charge on any atom is 0.119 e. The lowest BCUT2D eigenvalue weighted by Crippen LogP contribution is -2.40. The molecule has 1 atom stereocenters. The summed E-state index contributed by atoms with van der Waals surface area (Å²) in [6.45, 7) is 1.95. The van der Waals surface area contributed by atoms with Crippen LogP contribution in [0.3, 0.4) is 0 Å². The van der Waals surface area contributed by atoms with Gasteiger partial charge in [-0.05, 0) is 44.2 Å². The third-order valence-electron chi connectivity index (χ3n) is 4.32. The van der Waals surface area contributed by atoms with Crippen LogP contribution in [0, 0.1) is 0 Å². The molecule has 5 heteroatoms. The molecule has 1 fully saturated rings. The maximum absolute atomic E-state index is 10.1. The van der Waals surface area contributed by atoms with Crippen LogP contribution in [0.1, 0.15) is 32.1 Å². The van der Waals surface area contributed by atoms with Gasteiger partial charge in [0, 0.05) is 17.6 Å². The molecule has 1 aliphatic carbocycles. The second-order valence-electron chi connectivity index (χ2n) is 6.26.